The van der Waals surface area contributed by atoms with Crippen molar-refractivity contribution in [3.8, 4) is 11.5 Å². The zero-order valence-corrected chi connectivity index (χ0v) is 13.6. The molecule has 0 unspecified atom stereocenters. The molecular weight excluding hydrogens is 356 g/mol. The molecule has 0 saturated carbocycles. The van der Waals surface area contributed by atoms with E-state index in [4.69, 9.17) is 4.74 Å². The normalized spacial score (nSPS) is 10.8. The minimum absolute atomic E-state index is 0.00350. The number of amides is 1. The molecule has 0 spiro atoms. The van der Waals surface area contributed by atoms with Crippen LogP contribution in [0.3, 0.4) is 0 Å². The van der Waals surface area contributed by atoms with E-state index in [2.05, 4.69) is 26.5 Å². The lowest BCUT2D eigenvalue weighted by atomic mass is 10.2. The number of ether oxygens (including phenoxy) is 1. The van der Waals surface area contributed by atoms with Crippen LogP contribution in [0, 0.1) is 0 Å². The molecule has 2 rings (SSSR count). The van der Waals surface area contributed by atoms with Crippen LogP contribution in [-0.2, 0) is 0 Å². The van der Waals surface area contributed by atoms with Gasteiger partial charge in [-0.3, -0.25) is 4.79 Å². The lowest BCUT2D eigenvalue weighted by Crippen LogP contribution is -2.16. The van der Waals surface area contributed by atoms with Gasteiger partial charge in [-0.15, -0.1) is 11.3 Å². The maximum absolute atomic E-state index is 11.8. The minimum atomic E-state index is -0.303. The summed E-state index contributed by atoms with van der Waals surface area (Å²) in [7, 11) is 0. The largest absolute Gasteiger partial charge is 0.504 e. The molecule has 0 fully saturated rings. The highest BCUT2D eigenvalue weighted by Gasteiger charge is 2.08. The number of rotatable bonds is 5. The number of thiophene rings is 1. The summed E-state index contributed by atoms with van der Waals surface area (Å²) in [6, 6.07) is 8.57. The number of phenolic OH excluding ortho intramolecular Hbond substituents is 1. The van der Waals surface area contributed by atoms with E-state index in [1.54, 1.807) is 30.3 Å². The topological polar surface area (TPSA) is 70.9 Å². The van der Waals surface area contributed by atoms with Crippen molar-refractivity contribution in [2.24, 2.45) is 5.10 Å². The Morgan fingerprint density at radius 1 is 1.48 bits per heavy atom. The fraction of sp³-hybridized carbons (Fsp3) is 0.143. The molecule has 7 heteroatoms. The van der Waals surface area contributed by atoms with E-state index in [1.165, 1.54) is 17.6 Å². The molecule has 2 N–H and O–H groups in total. The van der Waals surface area contributed by atoms with Gasteiger partial charge in [0.05, 0.1) is 21.5 Å². The molecule has 0 saturated heterocycles. The average molecular weight is 369 g/mol. The molecule has 1 heterocycles. The van der Waals surface area contributed by atoms with Crippen molar-refractivity contribution in [2.75, 3.05) is 6.61 Å². The van der Waals surface area contributed by atoms with E-state index in [9.17, 15) is 9.90 Å². The van der Waals surface area contributed by atoms with Gasteiger partial charge in [-0.25, -0.2) is 5.43 Å². The lowest BCUT2D eigenvalue weighted by molar-refractivity contribution is 0.0959. The quantitative estimate of drug-likeness (QED) is 0.627. The van der Waals surface area contributed by atoms with E-state index in [1.807, 2.05) is 6.92 Å². The minimum Gasteiger partial charge on any atom is -0.504 e. The molecule has 110 valence electrons. The number of hydrogen-bond acceptors (Lipinski definition) is 5. The summed E-state index contributed by atoms with van der Waals surface area (Å²) < 4.78 is 6.15. The first-order valence-corrected chi connectivity index (χ1v) is 7.76. The van der Waals surface area contributed by atoms with Gasteiger partial charge >= 0.3 is 0 Å². The van der Waals surface area contributed by atoms with Crippen LogP contribution in [0.5, 0.6) is 11.5 Å². The van der Waals surface area contributed by atoms with Crippen LogP contribution in [0.2, 0.25) is 0 Å². The second kappa shape index (κ2) is 7.24. The predicted octanol–water partition coefficient (Wildman–Crippen LogP) is 3.38. The molecule has 0 aliphatic carbocycles. The van der Waals surface area contributed by atoms with E-state index in [0.29, 0.717) is 22.8 Å². The Morgan fingerprint density at radius 3 is 2.95 bits per heavy atom. The third-order valence-corrected chi connectivity index (χ3v) is 4.12. The number of aromatic hydroxyl groups is 1. The SMILES string of the molecule is CCOc1cccc(C=NNC(=O)c2ccc(Br)s2)c1O. The van der Waals surface area contributed by atoms with Crippen LogP contribution in [-0.4, -0.2) is 23.8 Å². The third-order valence-electron chi connectivity index (χ3n) is 2.50. The van der Waals surface area contributed by atoms with Gasteiger partial charge in [0.1, 0.15) is 0 Å². The van der Waals surface area contributed by atoms with Gasteiger partial charge in [0.2, 0.25) is 0 Å². The molecule has 0 aliphatic heterocycles. The molecule has 0 aliphatic rings. The van der Waals surface area contributed by atoms with Crippen molar-refractivity contribution >= 4 is 39.4 Å². The maximum atomic E-state index is 11.8. The third kappa shape index (κ3) is 4.05. The number of halogens is 1. The van der Waals surface area contributed by atoms with Gasteiger partial charge in [0, 0.05) is 5.56 Å². The van der Waals surface area contributed by atoms with E-state index in [-0.39, 0.29) is 11.7 Å². The molecule has 0 atom stereocenters. The summed E-state index contributed by atoms with van der Waals surface area (Å²) in [5.74, 6) is 0.0774. The number of hydrogen-bond donors (Lipinski definition) is 2. The zero-order chi connectivity index (χ0) is 15.2. The van der Waals surface area contributed by atoms with Crippen molar-refractivity contribution in [3.63, 3.8) is 0 Å². The second-order valence-electron chi connectivity index (χ2n) is 3.93. The fourth-order valence-electron chi connectivity index (χ4n) is 1.57. The van der Waals surface area contributed by atoms with Crippen LogP contribution in [0.4, 0.5) is 0 Å². The highest BCUT2D eigenvalue weighted by atomic mass is 79.9. The summed E-state index contributed by atoms with van der Waals surface area (Å²) in [6.45, 7) is 2.29. The van der Waals surface area contributed by atoms with Crippen LogP contribution < -0.4 is 10.2 Å². The van der Waals surface area contributed by atoms with Crippen LogP contribution in [0.25, 0.3) is 0 Å². The van der Waals surface area contributed by atoms with E-state index in [0.717, 1.165) is 3.79 Å². The molecule has 1 amide bonds. The molecule has 0 radical (unpaired) electrons. The summed E-state index contributed by atoms with van der Waals surface area (Å²) in [4.78, 5) is 12.3. The molecule has 2 aromatic rings. The Hall–Kier alpha value is -1.86. The predicted molar refractivity (Wildman–Crippen MR) is 86.4 cm³/mol. The van der Waals surface area contributed by atoms with Gasteiger partial charge in [0.15, 0.2) is 11.5 Å². The van der Waals surface area contributed by atoms with E-state index < -0.39 is 0 Å². The second-order valence-corrected chi connectivity index (χ2v) is 6.39. The van der Waals surface area contributed by atoms with Crippen molar-refractivity contribution in [1.29, 1.82) is 0 Å². The Morgan fingerprint density at radius 2 is 2.29 bits per heavy atom. The molecule has 21 heavy (non-hydrogen) atoms. The number of phenols is 1. The van der Waals surface area contributed by atoms with Crippen LogP contribution in [0.1, 0.15) is 22.2 Å². The number of benzene rings is 1. The Labute approximate surface area is 134 Å². The molecule has 0 bridgehead atoms. The first kappa shape index (κ1) is 15.5. The summed E-state index contributed by atoms with van der Waals surface area (Å²) in [6.07, 6.45) is 1.37. The highest BCUT2D eigenvalue weighted by Crippen LogP contribution is 2.28. The monoisotopic (exact) mass is 368 g/mol. The molecular formula is C14H13BrN2O3S. The number of para-hydroxylation sites is 1. The first-order valence-electron chi connectivity index (χ1n) is 6.15. The fourth-order valence-corrected chi connectivity index (χ4v) is 2.84. The smallest absolute Gasteiger partial charge is 0.281 e. The summed E-state index contributed by atoms with van der Waals surface area (Å²) in [5.41, 5.74) is 2.87. The standard InChI is InChI=1S/C14H13BrN2O3S/c1-2-20-10-5-3-4-9(13(10)18)8-16-17-14(19)11-6-7-12(15)21-11/h3-8,18H,2H2,1H3,(H,17,19). The maximum Gasteiger partial charge on any atom is 0.281 e. The van der Waals surface area contributed by atoms with Crippen LogP contribution >= 0.6 is 27.3 Å². The van der Waals surface area contributed by atoms with Crippen molar-refractivity contribution in [2.45, 2.75) is 6.92 Å². The Balaban J connectivity index is 2.04. The van der Waals surface area contributed by atoms with Gasteiger partial charge in [0.25, 0.3) is 5.91 Å². The molecule has 1 aromatic carbocycles. The zero-order valence-electron chi connectivity index (χ0n) is 11.2. The van der Waals surface area contributed by atoms with Gasteiger partial charge in [-0.05, 0) is 47.1 Å². The summed E-state index contributed by atoms with van der Waals surface area (Å²) >= 11 is 4.61. The number of carbonyl (C=O) groups is 1. The van der Waals surface area contributed by atoms with Crippen molar-refractivity contribution in [3.05, 3.63) is 44.6 Å². The number of carbonyl (C=O) groups excluding carboxylic acids is 1. The van der Waals surface area contributed by atoms with Crippen LogP contribution in [0.15, 0.2) is 39.2 Å². The number of nitrogens with zero attached hydrogens (tertiary/aromatic N) is 1. The Kier molecular flexibility index (Phi) is 5.35. The molecule has 5 nitrogen and oxygen atoms in total. The van der Waals surface area contributed by atoms with Gasteiger partial charge < -0.3 is 9.84 Å². The summed E-state index contributed by atoms with van der Waals surface area (Å²) in [5, 5.41) is 13.8. The Bertz CT molecular complexity index is 670. The van der Waals surface area contributed by atoms with Gasteiger partial charge in [-0.2, -0.15) is 5.10 Å². The van der Waals surface area contributed by atoms with E-state index >= 15 is 0 Å². The number of nitrogens with one attached hydrogen (secondary N) is 1. The van der Waals surface area contributed by atoms with Crippen molar-refractivity contribution in [1.82, 2.24) is 5.43 Å². The van der Waals surface area contributed by atoms with Crippen molar-refractivity contribution < 1.29 is 14.6 Å². The number of hydrazone groups is 1. The first-order chi connectivity index (χ1) is 10.1. The lowest BCUT2D eigenvalue weighted by Gasteiger charge is -2.07. The molecule has 1 aromatic heterocycles. The average Bonchev–Trinajstić information content (AvgIpc) is 2.89. The highest BCUT2D eigenvalue weighted by molar-refractivity contribution is 9.11. The van der Waals surface area contributed by atoms with Gasteiger partial charge in [-0.1, -0.05) is 6.07 Å².